The van der Waals surface area contributed by atoms with E-state index in [0.29, 0.717) is 5.56 Å². The third-order valence-electron chi connectivity index (χ3n) is 3.07. The zero-order valence-electron chi connectivity index (χ0n) is 13.7. The van der Waals surface area contributed by atoms with Gasteiger partial charge in [0.2, 0.25) is 0 Å². The normalized spacial score (nSPS) is 11.9. The van der Waals surface area contributed by atoms with Gasteiger partial charge in [-0.25, -0.2) is 4.79 Å². The van der Waals surface area contributed by atoms with Crippen LogP contribution in [-0.4, -0.2) is 37.9 Å². The van der Waals surface area contributed by atoms with Crippen molar-refractivity contribution in [3.63, 3.8) is 0 Å². The van der Waals surface area contributed by atoms with Gasteiger partial charge in [0.1, 0.15) is 0 Å². The molecule has 0 aromatic carbocycles. The number of carbonyl (C=O) groups is 2. The van der Waals surface area contributed by atoms with E-state index in [0.717, 1.165) is 11.3 Å². The van der Waals surface area contributed by atoms with E-state index >= 15 is 0 Å². The zero-order valence-corrected chi connectivity index (χ0v) is 13.7. The lowest BCUT2D eigenvalue weighted by Crippen LogP contribution is -2.27. The number of hydrogen-bond donors (Lipinski definition) is 2. The quantitative estimate of drug-likeness (QED) is 0.877. The van der Waals surface area contributed by atoms with Crippen LogP contribution in [0.25, 0.3) is 0 Å². The van der Waals surface area contributed by atoms with Crippen LogP contribution in [0, 0.1) is 6.92 Å². The Bertz CT molecular complexity index is 744. The average Bonchev–Trinajstić information content (AvgIpc) is 2.94. The van der Waals surface area contributed by atoms with Crippen molar-refractivity contribution in [2.45, 2.75) is 26.1 Å². The number of aromatic nitrogens is 3. The predicted molar refractivity (Wildman–Crippen MR) is 81.8 cm³/mol. The van der Waals surface area contributed by atoms with Crippen LogP contribution >= 0.6 is 0 Å². The molecule has 1 unspecified atom stereocenters. The van der Waals surface area contributed by atoms with Crippen LogP contribution in [0.2, 0.25) is 0 Å². The van der Waals surface area contributed by atoms with Crippen LogP contribution in [0.1, 0.15) is 34.6 Å². The second-order valence-corrected chi connectivity index (χ2v) is 5.08. The van der Waals surface area contributed by atoms with E-state index in [4.69, 9.17) is 9.90 Å². The number of aliphatic carboxylic acids is 1. The molecule has 2 N–H and O–H groups in total. The van der Waals surface area contributed by atoms with Gasteiger partial charge in [-0.1, -0.05) is 0 Å². The standard InChI is InChI=1S/C13H16N4O.C2HF3O2/c1-9(11-7-15-17(3)8-11)16-13(18)12-5-4-6-14-10(12)2;3-2(4,5)1(6)7/h4-9H,1-3H3,(H,16,18);(H,6,7). The molecule has 0 saturated heterocycles. The Hall–Kier alpha value is -2.91. The molecule has 0 radical (unpaired) electrons. The summed E-state index contributed by atoms with van der Waals surface area (Å²) in [5, 5.41) is 14.1. The van der Waals surface area contributed by atoms with Crippen molar-refractivity contribution in [2.75, 3.05) is 0 Å². The van der Waals surface area contributed by atoms with E-state index in [9.17, 15) is 18.0 Å². The van der Waals surface area contributed by atoms with E-state index in [1.54, 1.807) is 29.2 Å². The molecule has 0 spiro atoms. The van der Waals surface area contributed by atoms with Crippen molar-refractivity contribution < 1.29 is 27.9 Å². The Morgan fingerprint density at radius 2 is 1.96 bits per heavy atom. The number of carboxylic acid groups (broad SMARTS) is 1. The Morgan fingerprint density at radius 3 is 2.40 bits per heavy atom. The summed E-state index contributed by atoms with van der Waals surface area (Å²) in [5.74, 6) is -2.87. The maximum atomic E-state index is 12.1. The molecule has 2 aromatic rings. The molecule has 7 nitrogen and oxygen atoms in total. The fourth-order valence-electron chi connectivity index (χ4n) is 1.75. The molecule has 25 heavy (non-hydrogen) atoms. The van der Waals surface area contributed by atoms with Gasteiger partial charge >= 0.3 is 12.1 Å². The van der Waals surface area contributed by atoms with Gasteiger partial charge in [0.05, 0.1) is 17.8 Å². The minimum atomic E-state index is -5.08. The van der Waals surface area contributed by atoms with Gasteiger partial charge in [-0.05, 0) is 26.0 Å². The molecule has 10 heteroatoms. The summed E-state index contributed by atoms with van der Waals surface area (Å²) >= 11 is 0. The third-order valence-corrected chi connectivity index (χ3v) is 3.07. The summed E-state index contributed by atoms with van der Waals surface area (Å²) in [6.07, 6.45) is 0.235. The van der Waals surface area contributed by atoms with Gasteiger partial charge in [0.15, 0.2) is 0 Å². The van der Waals surface area contributed by atoms with Gasteiger partial charge in [0.25, 0.3) is 5.91 Å². The minimum Gasteiger partial charge on any atom is -0.475 e. The van der Waals surface area contributed by atoms with Crippen molar-refractivity contribution in [1.82, 2.24) is 20.1 Å². The molecule has 0 aliphatic rings. The second kappa shape index (κ2) is 8.27. The third kappa shape index (κ3) is 6.24. The Balaban J connectivity index is 0.000000381. The first-order valence-corrected chi connectivity index (χ1v) is 7.03. The molecular formula is C15H17F3N4O3. The van der Waals surface area contributed by atoms with Crippen molar-refractivity contribution in [3.8, 4) is 0 Å². The molecule has 1 amide bonds. The van der Waals surface area contributed by atoms with Crippen LogP contribution in [0.4, 0.5) is 13.2 Å². The van der Waals surface area contributed by atoms with Crippen molar-refractivity contribution in [2.24, 2.45) is 7.05 Å². The van der Waals surface area contributed by atoms with Crippen molar-refractivity contribution >= 4 is 11.9 Å². The van der Waals surface area contributed by atoms with E-state index < -0.39 is 12.1 Å². The Kier molecular flexibility index (Phi) is 6.66. The van der Waals surface area contributed by atoms with Crippen LogP contribution in [0.5, 0.6) is 0 Å². The topological polar surface area (TPSA) is 97.1 Å². The van der Waals surface area contributed by atoms with Gasteiger partial charge in [0, 0.05) is 30.7 Å². The first-order valence-electron chi connectivity index (χ1n) is 7.03. The summed E-state index contributed by atoms with van der Waals surface area (Å²) in [7, 11) is 1.85. The number of hydrogen-bond acceptors (Lipinski definition) is 4. The number of carboxylic acids is 1. The van der Waals surface area contributed by atoms with E-state index in [-0.39, 0.29) is 11.9 Å². The largest absolute Gasteiger partial charge is 0.490 e. The van der Waals surface area contributed by atoms with Crippen LogP contribution < -0.4 is 5.32 Å². The first-order chi connectivity index (χ1) is 11.5. The summed E-state index contributed by atoms with van der Waals surface area (Å²) < 4.78 is 33.5. The molecule has 0 aliphatic heterocycles. The Labute approximate surface area is 141 Å². The molecular weight excluding hydrogens is 341 g/mol. The summed E-state index contributed by atoms with van der Waals surface area (Å²) in [5.41, 5.74) is 2.31. The highest BCUT2D eigenvalue weighted by molar-refractivity contribution is 5.95. The summed E-state index contributed by atoms with van der Waals surface area (Å²) in [6.45, 7) is 3.75. The van der Waals surface area contributed by atoms with Gasteiger partial charge in [-0.3, -0.25) is 14.5 Å². The molecule has 0 saturated carbocycles. The van der Waals surface area contributed by atoms with Gasteiger partial charge < -0.3 is 10.4 Å². The smallest absolute Gasteiger partial charge is 0.475 e. The highest BCUT2D eigenvalue weighted by atomic mass is 19.4. The van der Waals surface area contributed by atoms with Gasteiger partial charge in [-0.15, -0.1) is 0 Å². The molecule has 2 rings (SSSR count). The molecule has 1 atom stereocenters. The lowest BCUT2D eigenvalue weighted by atomic mass is 10.1. The number of amides is 1. The molecule has 2 heterocycles. The number of alkyl halides is 3. The van der Waals surface area contributed by atoms with Crippen molar-refractivity contribution in [3.05, 3.63) is 47.5 Å². The number of pyridine rings is 1. The fourth-order valence-corrected chi connectivity index (χ4v) is 1.75. The average molecular weight is 358 g/mol. The first kappa shape index (κ1) is 20.1. The highest BCUT2D eigenvalue weighted by Crippen LogP contribution is 2.13. The van der Waals surface area contributed by atoms with E-state index in [1.165, 1.54) is 0 Å². The summed E-state index contributed by atoms with van der Waals surface area (Å²) in [6, 6.07) is 3.45. The molecule has 0 aliphatic carbocycles. The molecule has 0 fully saturated rings. The SMILES string of the molecule is Cc1ncccc1C(=O)NC(C)c1cnn(C)c1.O=C(O)C(F)(F)F. The Morgan fingerprint density at radius 1 is 1.36 bits per heavy atom. The number of nitrogens with one attached hydrogen (secondary N) is 1. The summed E-state index contributed by atoms with van der Waals surface area (Å²) in [4.78, 5) is 25.1. The zero-order chi connectivity index (χ0) is 19.2. The maximum Gasteiger partial charge on any atom is 0.490 e. The number of halogens is 3. The van der Waals surface area contributed by atoms with Gasteiger partial charge in [-0.2, -0.15) is 18.3 Å². The maximum absolute atomic E-state index is 12.1. The lowest BCUT2D eigenvalue weighted by molar-refractivity contribution is -0.192. The fraction of sp³-hybridized carbons (Fsp3) is 0.333. The highest BCUT2D eigenvalue weighted by Gasteiger charge is 2.38. The number of nitrogens with zero attached hydrogens (tertiary/aromatic N) is 3. The van der Waals surface area contributed by atoms with Crippen molar-refractivity contribution in [1.29, 1.82) is 0 Å². The molecule has 0 bridgehead atoms. The number of rotatable bonds is 3. The van der Waals surface area contributed by atoms with Crippen LogP contribution in [0.15, 0.2) is 30.7 Å². The second-order valence-electron chi connectivity index (χ2n) is 5.08. The number of aryl methyl sites for hydroxylation is 2. The monoisotopic (exact) mass is 358 g/mol. The van der Waals surface area contributed by atoms with E-state index in [1.807, 2.05) is 27.1 Å². The van der Waals surface area contributed by atoms with Crippen LogP contribution in [-0.2, 0) is 11.8 Å². The molecule has 2 aromatic heterocycles. The minimum absolute atomic E-state index is 0.0780. The van der Waals surface area contributed by atoms with E-state index in [2.05, 4.69) is 15.4 Å². The predicted octanol–water partition coefficient (Wildman–Crippen LogP) is 2.25. The number of carbonyl (C=O) groups excluding carboxylic acids is 1. The molecule has 136 valence electrons. The van der Waals surface area contributed by atoms with Crippen LogP contribution in [0.3, 0.4) is 0 Å². The lowest BCUT2D eigenvalue weighted by Gasteiger charge is -2.12.